The average Bonchev–Trinajstić information content (AvgIpc) is 3.17. The maximum atomic E-state index is 4.95. The van der Waals surface area contributed by atoms with Gasteiger partial charge in [-0.1, -0.05) is 30.7 Å². The summed E-state index contributed by atoms with van der Waals surface area (Å²) in [6.45, 7) is 2.96. The van der Waals surface area contributed by atoms with Crippen LogP contribution in [-0.2, 0) is 19.5 Å². The first-order chi connectivity index (χ1) is 13.3. The number of quaternary nitrogens is 1. The second kappa shape index (κ2) is 10.5. The van der Waals surface area contributed by atoms with E-state index in [0.29, 0.717) is 0 Å². The van der Waals surface area contributed by atoms with E-state index in [0.717, 1.165) is 30.9 Å². The molecule has 0 atom stereocenters. The van der Waals surface area contributed by atoms with E-state index >= 15 is 0 Å². The SMILES string of the molecule is C[NH2+]CCCCCCc1nc(CN(C)Cc2cccs2)nc2ccccc12. The highest BCUT2D eigenvalue weighted by Gasteiger charge is 2.10. The molecule has 1 aromatic carbocycles. The molecule has 0 bridgehead atoms. The maximum Gasteiger partial charge on any atom is 0.143 e. The zero-order valence-electron chi connectivity index (χ0n) is 16.5. The Morgan fingerprint density at radius 2 is 1.81 bits per heavy atom. The summed E-state index contributed by atoms with van der Waals surface area (Å²) in [6.07, 6.45) is 6.14. The standard InChI is InChI=1S/C22H30N4S/c1-23-14-8-4-3-5-12-20-19-11-6-7-13-21(19)25-22(24-20)17-26(2)16-18-10-9-15-27-18/h6-7,9-11,13,15,23H,3-5,8,12,14,16-17H2,1-2H3/p+1. The number of benzene rings is 1. The highest BCUT2D eigenvalue weighted by atomic mass is 32.1. The van der Waals surface area contributed by atoms with Crippen molar-refractivity contribution in [3.63, 3.8) is 0 Å². The molecule has 27 heavy (non-hydrogen) atoms. The van der Waals surface area contributed by atoms with Crippen LogP contribution in [0.1, 0.15) is 42.1 Å². The predicted octanol–water partition coefficient (Wildman–Crippen LogP) is 3.62. The molecule has 0 aliphatic heterocycles. The van der Waals surface area contributed by atoms with Gasteiger partial charge in [0.15, 0.2) is 0 Å². The van der Waals surface area contributed by atoms with Crippen LogP contribution < -0.4 is 5.32 Å². The van der Waals surface area contributed by atoms with E-state index in [4.69, 9.17) is 9.97 Å². The number of fused-ring (bicyclic) bond motifs is 1. The number of hydrogen-bond donors (Lipinski definition) is 1. The highest BCUT2D eigenvalue weighted by Crippen LogP contribution is 2.19. The fraction of sp³-hybridized carbons (Fsp3) is 0.455. The molecule has 2 N–H and O–H groups in total. The van der Waals surface area contributed by atoms with Crippen LogP contribution in [0.5, 0.6) is 0 Å². The van der Waals surface area contributed by atoms with E-state index in [1.54, 1.807) is 11.3 Å². The number of nitrogens with two attached hydrogens (primary N) is 1. The number of aryl methyl sites for hydroxylation is 1. The van der Waals surface area contributed by atoms with Crippen molar-refractivity contribution in [2.45, 2.75) is 45.2 Å². The van der Waals surface area contributed by atoms with Gasteiger partial charge in [0.05, 0.1) is 31.3 Å². The van der Waals surface area contributed by atoms with E-state index in [1.807, 2.05) is 0 Å². The lowest BCUT2D eigenvalue weighted by Gasteiger charge is -2.16. The molecule has 2 aromatic heterocycles. The quantitative estimate of drug-likeness (QED) is 0.515. The molecule has 0 unspecified atom stereocenters. The van der Waals surface area contributed by atoms with E-state index in [1.165, 1.54) is 48.2 Å². The molecular formula is C22H31N4S+. The van der Waals surface area contributed by atoms with Crippen molar-refractivity contribution in [2.24, 2.45) is 0 Å². The highest BCUT2D eigenvalue weighted by molar-refractivity contribution is 7.09. The molecule has 0 aliphatic rings. The van der Waals surface area contributed by atoms with Gasteiger partial charge < -0.3 is 5.32 Å². The van der Waals surface area contributed by atoms with Crippen molar-refractivity contribution in [1.29, 1.82) is 0 Å². The molecule has 0 aliphatic carbocycles. The van der Waals surface area contributed by atoms with Crippen molar-refractivity contribution in [2.75, 3.05) is 20.6 Å². The zero-order valence-corrected chi connectivity index (χ0v) is 17.3. The van der Waals surface area contributed by atoms with E-state index in [-0.39, 0.29) is 0 Å². The zero-order chi connectivity index (χ0) is 18.9. The Balaban J connectivity index is 1.66. The Hall–Kier alpha value is -1.82. The predicted molar refractivity (Wildman–Crippen MR) is 114 cm³/mol. The Bertz CT molecular complexity index is 816. The minimum atomic E-state index is 0.780. The molecule has 0 saturated carbocycles. The molecule has 2 heterocycles. The minimum Gasteiger partial charge on any atom is -0.349 e. The second-order valence-corrected chi connectivity index (χ2v) is 8.25. The number of thiophene rings is 1. The number of para-hydroxylation sites is 1. The van der Waals surface area contributed by atoms with Crippen molar-refractivity contribution in [3.8, 4) is 0 Å². The second-order valence-electron chi connectivity index (χ2n) is 7.22. The van der Waals surface area contributed by atoms with Crippen LogP contribution in [0, 0.1) is 0 Å². The monoisotopic (exact) mass is 383 g/mol. The normalized spacial score (nSPS) is 11.5. The van der Waals surface area contributed by atoms with Crippen LogP contribution in [0.15, 0.2) is 41.8 Å². The van der Waals surface area contributed by atoms with E-state index in [2.05, 4.69) is 66.1 Å². The average molecular weight is 384 g/mol. The Labute approximate surface area is 166 Å². The summed E-state index contributed by atoms with van der Waals surface area (Å²) >= 11 is 1.80. The summed E-state index contributed by atoms with van der Waals surface area (Å²) in [5.41, 5.74) is 2.28. The smallest absolute Gasteiger partial charge is 0.143 e. The number of nitrogens with zero attached hydrogens (tertiary/aromatic N) is 3. The van der Waals surface area contributed by atoms with Crippen molar-refractivity contribution in [1.82, 2.24) is 14.9 Å². The van der Waals surface area contributed by atoms with Crippen LogP contribution in [0.2, 0.25) is 0 Å². The summed E-state index contributed by atoms with van der Waals surface area (Å²) < 4.78 is 0. The van der Waals surface area contributed by atoms with Gasteiger partial charge in [0, 0.05) is 16.8 Å². The van der Waals surface area contributed by atoms with Crippen molar-refractivity contribution >= 4 is 22.2 Å². The molecule has 0 fully saturated rings. The molecule has 0 spiro atoms. The fourth-order valence-electron chi connectivity index (χ4n) is 3.42. The third kappa shape index (κ3) is 6.09. The Kier molecular flexibility index (Phi) is 7.75. The number of hydrogen-bond acceptors (Lipinski definition) is 4. The molecule has 0 radical (unpaired) electrons. The number of aromatic nitrogens is 2. The molecule has 3 aromatic rings. The molecule has 0 amide bonds. The lowest BCUT2D eigenvalue weighted by atomic mass is 10.1. The topological polar surface area (TPSA) is 45.6 Å². The number of rotatable bonds is 11. The van der Waals surface area contributed by atoms with Crippen LogP contribution >= 0.6 is 11.3 Å². The lowest BCUT2D eigenvalue weighted by molar-refractivity contribution is -0.627. The largest absolute Gasteiger partial charge is 0.349 e. The van der Waals surface area contributed by atoms with Gasteiger partial charge in [0.2, 0.25) is 0 Å². The Morgan fingerprint density at radius 3 is 2.63 bits per heavy atom. The third-order valence-electron chi connectivity index (χ3n) is 4.80. The molecule has 3 rings (SSSR count). The first kappa shape index (κ1) is 19.9. The summed E-state index contributed by atoms with van der Waals surface area (Å²) in [6, 6.07) is 12.7. The minimum absolute atomic E-state index is 0.780. The first-order valence-corrected chi connectivity index (χ1v) is 10.9. The summed E-state index contributed by atoms with van der Waals surface area (Å²) in [7, 11) is 4.28. The van der Waals surface area contributed by atoms with Crippen LogP contribution in [0.4, 0.5) is 0 Å². The van der Waals surface area contributed by atoms with Gasteiger partial charge in [-0.2, -0.15) is 0 Å². The fourth-order valence-corrected chi connectivity index (χ4v) is 4.20. The van der Waals surface area contributed by atoms with Crippen LogP contribution in [0.3, 0.4) is 0 Å². The number of unbranched alkanes of at least 4 members (excludes halogenated alkanes) is 3. The van der Waals surface area contributed by atoms with Crippen LogP contribution in [-0.4, -0.2) is 35.5 Å². The molecule has 4 nitrogen and oxygen atoms in total. The van der Waals surface area contributed by atoms with E-state index in [9.17, 15) is 0 Å². The Morgan fingerprint density at radius 1 is 0.963 bits per heavy atom. The maximum absolute atomic E-state index is 4.95. The van der Waals surface area contributed by atoms with Gasteiger partial charge in [0.1, 0.15) is 5.82 Å². The summed E-state index contributed by atoms with van der Waals surface area (Å²) in [4.78, 5) is 13.4. The van der Waals surface area contributed by atoms with Gasteiger partial charge in [-0.3, -0.25) is 4.90 Å². The van der Waals surface area contributed by atoms with Crippen molar-refractivity contribution < 1.29 is 5.32 Å². The van der Waals surface area contributed by atoms with Gasteiger partial charge in [0.25, 0.3) is 0 Å². The van der Waals surface area contributed by atoms with Gasteiger partial charge >= 0.3 is 0 Å². The molecule has 5 heteroatoms. The van der Waals surface area contributed by atoms with Crippen molar-refractivity contribution in [3.05, 3.63) is 58.2 Å². The van der Waals surface area contributed by atoms with Gasteiger partial charge in [-0.05, 0) is 50.2 Å². The van der Waals surface area contributed by atoms with E-state index < -0.39 is 0 Å². The molecule has 144 valence electrons. The third-order valence-corrected chi connectivity index (χ3v) is 5.66. The lowest BCUT2D eigenvalue weighted by Crippen LogP contribution is -2.79. The molecule has 0 saturated heterocycles. The molecular weight excluding hydrogens is 352 g/mol. The van der Waals surface area contributed by atoms with Crippen LogP contribution in [0.25, 0.3) is 10.9 Å². The van der Waals surface area contributed by atoms with Gasteiger partial charge in [-0.15, -0.1) is 11.3 Å². The summed E-state index contributed by atoms with van der Waals surface area (Å²) in [5, 5.41) is 5.60. The van der Waals surface area contributed by atoms with Gasteiger partial charge in [-0.25, -0.2) is 9.97 Å². The first-order valence-electron chi connectivity index (χ1n) is 9.99. The summed E-state index contributed by atoms with van der Waals surface area (Å²) in [5.74, 6) is 0.934.